The maximum Gasteiger partial charge on any atom is 0.136 e. The fourth-order valence-electron chi connectivity index (χ4n) is 8.36. The number of hydrogen-bond donors (Lipinski definition) is 0. The zero-order valence-electron chi connectivity index (χ0n) is 25.4. The van der Waals surface area contributed by atoms with Crippen molar-refractivity contribution in [3.8, 4) is 44.5 Å². The van der Waals surface area contributed by atoms with Crippen LogP contribution in [0.3, 0.4) is 0 Å². The van der Waals surface area contributed by atoms with Gasteiger partial charge in [0.15, 0.2) is 0 Å². The highest BCUT2D eigenvalue weighted by atomic mass is 16.3. The minimum Gasteiger partial charge on any atom is -0.456 e. The monoisotopic (exact) mass is 594 g/mol. The van der Waals surface area contributed by atoms with E-state index in [1.165, 1.54) is 98.4 Å². The number of benzene rings is 9. The van der Waals surface area contributed by atoms with Gasteiger partial charge in [-0.15, -0.1) is 0 Å². The quantitative estimate of drug-likeness (QED) is 0.182. The van der Waals surface area contributed by atoms with Crippen LogP contribution in [0.15, 0.2) is 162 Å². The van der Waals surface area contributed by atoms with E-state index >= 15 is 0 Å². The molecular weight excluding hydrogens is 569 g/mol. The van der Waals surface area contributed by atoms with E-state index in [4.69, 9.17) is 4.42 Å². The van der Waals surface area contributed by atoms with Crippen LogP contribution in [-0.2, 0) is 0 Å². The second kappa shape index (κ2) is 9.19. The second-order valence-electron chi connectivity index (χ2n) is 12.8. The van der Waals surface area contributed by atoms with E-state index in [2.05, 4.69) is 158 Å². The first-order valence-corrected chi connectivity index (χ1v) is 16.3. The van der Waals surface area contributed by atoms with Gasteiger partial charge >= 0.3 is 0 Å². The van der Waals surface area contributed by atoms with Gasteiger partial charge in [-0.05, 0) is 112 Å². The third-order valence-corrected chi connectivity index (χ3v) is 10.4. The van der Waals surface area contributed by atoms with Gasteiger partial charge in [-0.1, -0.05) is 133 Å². The Morgan fingerprint density at radius 2 is 0.851 bits per heavy atom. The predicted octanol–water partition coefficient (Wildman–Crippen LogP) is 13.2. The van der Waals surface area contributed by atoms with Crippen molar-refractivity contribution in [2.75, 3.05) is 0 Å². The maximum absolute atomic E-state index is 6.83. The molecule has 47 heavy (non-hydrogen) atoms. The van der Waals surface area contributed by atoms with Crippen LogP contribution in [0.4, 0.5) is 0 Å². The summed E-state index contributed by atoms with van der Waals surface area (Å²) in [5.41, 5.74) is 11.9. The lowest BCUT2D eigenvalue weighted by Gasteiger charge is -2.11. The molecule has 0 fully saturated rings. The van der Waals surface area contributed by atoms with Crippen LogP contribution in [0.25, 0.3) is 110 Å². The summed E-state index contributed by atoms with van der Waals surface area (Å²) in [5.74, 6) is 0. The summed E-state index contributed by atoms with van der Waals surface area (Å²) in [6.07, 6.45) is 0. The summed E-state index contributed by atoms with van der Waals surface area (Å²) >= 11 is 0. The van der Waals surface area contributed by atoms with Crippen LogP contribution >= 0.6 is 0 Å². The Balaban J connectivity index is 1.19. The normalized spacial score (nSPS) is 12.3. The largest absolute Gasteiger partial charge is 0.456 e. The topological polar surface area (TPSA) is 13.1 Å². The van der Waals surface area contributed by atoms with Gasteiger partial charge in [-0.25, -0.2) is 0 Å². The van der Waals surface area contributed by atoms with Crippen LogP contribution in [-0.4, -0.2) is 0 Å². The van der Waals surface area contributed by atoms with Crippen LogP contribution in [0.2, 0.25) is 0 Å². The lowest BCUT2D eigenvalue weighted by Crippen LogP contribution is -1.86. The molecule has 1 aromatic heterocycles. The fraction of sp³-hybridized carbons (Fsp3) is 0. The summed E-state index contributed by atoms with van der Waals surface area (Å²) in [7, 11) is 0. The van der Waals surface area contributed by atoms with Crippen LogP contribution in [0.1, 0.15) is 0 Å². The molecule has 216 valence electrons. The Bertz CT molecular complexity index is 2940. The zero-order chi connectivity index (χ0) is 30.6. The Hall–Kier alpha value is -6.18. The Kier molecular flexibility index (Phi) is 4.90. The zero-order valence-corrected chi connectivity index (χ0v) is 25.4. The molecule has 0 spiro atoms. The summed E-state index contributed by atoms with van der Waals surface area (Å²) in [5, 5.41) is 12.5. The molecule has 11 rings (SSSR count). The fourth-order valence-corrected chi connectivity index (χ4v) is 8.36. The van der Waals surface area contributed by atoms with Crippen molar-refractivity contribution < 1.29 is 4.42 Å². The molecule has 0 bridgehead atoms. The van der Waals surface area contributed by atoms with Gasteiger partial charge in [0, 0.05) is 10.8 Å². The summed E-state index contributed by atoms with van der Waals surface area (Å²) in [6.45, 7) is 0. The summed E-state index contributed by atoms with van der Waals surface area (Å²) < 4.78 is 6.83. The molecule has 1 aliphatic carbocycles. The maximum atomic E-state index is 6.83. The molecule has 9 aromatic carbocycles. The third kappa shape index (κ3) is 3.38. The van der Waals surface area contributed by atoms with E-state index in [1.54, 1.807) is 0 Å². The number of fused-ring (bicyclic) bond motifs is 12. The third-order valence-electron chi connectivity index (χ3n) is 10.4. The molecule has 0 amide bonds. The van der Waals surface area contributed by atoms with Crippen molar-refractivity contribution in [2.24, 2.45) is 0 Å². The minimum atomic E-state index is 0.918. The predicted molar refractivity (Wildman–Crippen MR) is 199 cm³/mol. The Morgan fingerprint density at radius 1 is 0.277 bits per heavy atom. The highest BCUT2D eigenvalue weighted by Crippen LogP contribution is 2.51. The van der Waals surface area contributed by atoms with Gasteiger partial charge in [-0.3, -0.25) is 0 Å². The van der Waals surface area contributed by atoms with E-state index in [9.17, 15) is 0 Å². The first-order chi connectivity index (χ1) is 23.3. The van der Waals surface area contributed by atoms with Crippen molar-refractivity contribution in [1.29, 1.82) is 0 Å². The van der Waals surface area contributed by atoms with Crippen molar-refractivity contribution in [3.63, 3.8) is 0 Å². The average Bonchev–Trinajstić information content (AvgIpc) is 3.67. The SMILES string of the molecule is c1ccc(-c2cc3oc4cc(-c5ccc6c(c5)-c5cccc7c5c-6cc5ccccc57)c5ccccc5c4c3c3ccccc23)cc1. The molecule has 0 radical (unpaired) electrons. The van der Waals surface area contributed by atoms with E-state index in [1.807, 2.05) is 0 Å². The van der Waals surface area contributed by atoms with Gasteiger partial charge in [0.2, 0.25) is 0 Å². The molecule has 1 heteroatoms. The van der Waals surface area contributed by atoms with E-state index in [0.717, 1.165) is 11.2 Å². The van der Waals surface area contributed by atoms with Gasteiger partial charge in [0.1, 0.15) is 11.2 Å². The lowest BCUT2D eigenvalue weighted by atomic mass is 9.90. The van der Waals surface area contributed by atoms with E-state index in [-0.39, 0.29) is 0 Å². The highest BCUT2D eigenvalue weighted by molar-refractivity contribution is 6.30. The number of rotatable bonds is 2. The first-order valence-electron chi connectivity index (χ1n) is 16.3. The lowest BCUT2D eigenvalue weighted by molar-refractivity contribution is 0.670. The Morgan fingerprint density at radius 3 is 1.57 bits per heavy atom. The smallest absolute Gasteiger partial charge is 0.136 e. The number of furan rings is 1. The van der Waals surface area contributed by atoms with Gasteiger partial charge in [0.25, 0.3) is 0 Å². The van der Waals surface area contributed by atoms with E-state index < -0.39 is 0 Å². The van der Waals surface area contributed by atoms with Crippen molar-refractivity contribution in [2.45, 2.75) is 0 Å². The molecule has 0 N–H and O–H groups in total. The van der Waals surface area contributed by atoms with Gasteiger partial charge in [-0.2, -0.15) is 0 Å². The molecule has 0 atom stereocenters. The van der Waals surface area contributed by atoms with Crippen molar-refractivity contribution >= 4 is 65.0 Å². The summed E-state index contributed by atoms with van der Waals surface area (Å²) in [6, 6.07) is 57.6. The second-order valence-corrected chi connectivity index (χ2v) is 12.8. The Labute approximate surface area is 270 Å². The molecule has 10 aromatic rings. The average molecular weight is 595 g/mol. The number of hydrogen-bond acceptors (Lipinski definition) is 1. The van der Waals surface area contributed by atoms with Gasteiger partial charge < -0.3 is 4.42 Å². The molecule has 0 saturated heterocycles. The molecule has 0 saturated carbocycles. The van der Waals surface area contributed by atoms with Crippen LogP contribution in [0.5, 0.6) is 0 Å². The molecule has 1 nitrogen and oxygen atoms in total. The van der Waals surface area contributed by atoms with Crippen LogP contribution in [0, 0.1) is 0 Å². The van der Waals surface area contributed by atoms with Crippen LogP contribution < -0.4 is 0 Å². The molecule has 1 aliphatic rings. The highest BCUT2D eigenvalue weighted by Gasteiger charge is 2.24. The molecule has 1 heterocycles. The van der Waals surface area contributed by atoms with Crippen molar-refractivity contribution in [1.82, 2.24) is 0 Å². The standard InChI is InChI=1S/C46H26O/c1-2-11-27(12-3-1)38-25-42-45(35-17-8-6-15-31(35)38)46-36-18-9-7-16-32(36)39(26-43(46)47-42)29-21-22-33-40(23-29)37-20-10-19-34-30-14-5-4-13-28(30)24-41(33)44(34)37/h1-26H. The summed E-state index contributed by atoms with van der Waals surface area (Å²) in [4.78, 5) is 0. The molecule has 0 aliphatic heterocycles. The van der Waals surface area contributed by atoms with E-state index in [0.29, 0.717) is 0 Å². The first kappa shape index (κ1) is 25.1. The minimum absolute atomic E-state index is 0.918. The molecule has 0 unspecified atom stereocenters. The van der Waals surface area contributed by atoms with Crippen molar-refractivity contribution in [3.05, 3.63) is 158 Å². The van der Waals surface area contributed by atoms with Gasteiger partial charge in [0.05, 0.1) is 0 Å². The molecular formula is C46H26O.